The fourth-order valence-corrected chi connectivity index (χ4v) is 1.31. The Balaban J connectivity index is 0. The molecule has 0 aliphatic rings. The SMILES string of the molecule is COc1ccccc1CC(N)C(C)N.Cl.Cl. The third-order valence-corrected chi connectivity index (χ3v) is 2.32. The standard InChI is InChI=1S/C11H18N2O.2ClH/c1-8(12)10(13)7-9-5-3-4-6-11(9)14-2;;/h3-6,8,10H,7,12-13H2,1-2H3;2*1H. The second-order valence-electron chi connectivity index (χ2n) is 3.54. The van der Waals surface area contributed by atoms with Gasteiger partial charge < -0.3 is 16.2 Å². The molecule has 16 heavy (non-hydrogen) atoms. The molecule has 2 unspecified atom stereocenters. The molecule has 0 heterocycles. The molecule has 0 bridgehead atoms. The van der Waals surface area contributed by atoms with E-state index in [0.29, 0.717) is 0 Å². The zero-order valence-corrected chi connectivity index (χ0v) is 11.2. The van der Waals surface area contributed by atoms with Crippen LogP contribution in [-0.4, -0.2) is 19.2 Å². The summed E-state index contributed by atoms with van der Waals surface area (Å²) in [5, 5.41) is 0. The van der Waals surface area contributed by atoms with Gasteiger partial charge in [0.2, 0.25) is 0 Å². The Bertz CT molecular complexity index is 295. The van der Waals surface area contributed by atoms with Crippen molar-refractivity contribution in [3.63, 3.8) is 0 Å². The molecule has 1 rings (SSSR count). The summed E-state index contributed by atoms with van der Waals surface area (Å²) in [7, 11) is 1.66. The van der Waals surface area contributed by atoms with Crippen LogP contribution in [0.15, 0.2) is 24.3 Å². The lowest BCUT2D eigenvalue weighted by molar-refractivity contribution is 0.406. The molecule has 1 aromatic rings. The Morgan fingerprint density at radius 3 is 2.25 bits per heavy atom. The number of hydrogen-bond acceptors (Lipinski definition) is 3. The van der Waals surface area contributed by atoms with Crippen molar-refractivity contribution < 1.29 is 4.74 Å². The molecule has 5 heteroatoms. The van der Waals surface area contributed by atoms with Gasteiger partial charge in [0.15, 0.2) is 0 Å². The van der Waals surface area contributed by atoms with Crippen molar-refractivity contribution in [1.29, 1.82) is 0 Å². The van der Waals surface area contributed by atoms with Gasteiger partial charge in [-0.05, 0) is 25.0 Å². The van der Waals surface area contributed by atoms with Crippen LogP contribution in [0.2, 0.25) is 0 Å². The predicted molar refractivity (Wildman–Crippen MR) is 72.8 cm³/mol. The molecule has 0 amide bonds. The molecule has 0 radical (unpaired) electrons. The van der Waals surface area contributed by atoms with E-state index in [-0.39, 0.29) is 36.9 Å². The van der Waals surface area contributed by atoms with Gasteiger partial charge in [-0.2, -0.15) is 0 Å². The van der Waals surface area contributed by atoms with Crippen LogP contribution in [0.4, 0.5) is 0 Å². The summed E-state index contributed by atoms with van der Waals surface area (Å²) in [6, 6.07) is 7.85. The number of benzene rings is 1. The quantitative estimate of drug-likeness (QED) is 0.873. The van der Waals surface area contributed by atoms with Crippen LogP contribution < -0.4 is 16.2 Å². The summed E-state index contributed by atoms with van der Waals surface area (Å²) in [5.41, 5.74) is 12.7. The Hall–Kier alpha value is -0.480. The first-order chi connectivity index (χ1) is 6.65. The average Bonchev–Trinajstić information content (AvgIpc) is 2.18. The van der Waals surface area contributed by atoms with Gasteiger partial charge in [0.1, 0.15) is 5.75 Å². The summed E-state index contributed by atoms with van der Waals surface area (Å²) in [4.78, 5) is 0. The lowest BCUT2D eigenvalue weighted by atomic mass is 10.0. The number of hydrogen-bond donors (Lipinski definition) is 2. The van der Waals surface area contributed by atoms with Crippen LogP contribution in [-0.2, 0) is 6.42 Å². The highest BCUT2D eigenvalue weighted by Gasteiger charge is 2.11. The highest BCUT2D eigenvalue weighted by molar-refractivity contribution is 5.85. The fourth-order valence-electron chi connectivity index (χ4n) is 1.31. The first-order valence-corrected chi connectivity index (χ1v) is 4.78. The largest absolute Gasteiger partial charge is 0.496 e. The van der Waals surface area contributed by atoms with Crippen molar-refractivity contribution in [3.8, 4) is 5.75 Å². The lowest BCUT2D eigenvalue weighted by Crippen LogP contribution is -2.40. The lowest BCUT2D eigenvalue weighted by Gasteiger charge is -2.17. The average molecular weight is 267 g/mol. The monoisotopic (exact) mass is 266 g/mol. The van der Waals surface area contributed by atoms with Crippen molar-refractivity contribution in [2.45, 2.75) is 25.4 Å². The van der Waals surface area contributed by atoms with Gasteiger partial charge in [0.05, 0.1) is 7.11 Å². The maximum Gasteiger partial charge on any atom is 0.122 e. The molecular formula is C11H20Cl2N2O. The Morgan fingerprint density at radius 1 is 1.19 bits per heavy atom. The number of para-hydroxylation sites is 1. The third kappa shape index (κ3) is 5.03. The Morgan fingerprint density at radius 2 is 1.75 bits per heavy atom. The molecule has 0 spiro atoms. The van der Waals surface area contributed by atoms with Crippen molar-refractivity contribution in [3.05, 3.63) is 29.8 Å². The third-order valence-electron chi connectivity index (χ3n) is 2.32. The van der Waals surface area contributed by atoms with Crippen LogP contribution >= 0.6 is 24.8 Å². The van der Waals surface area contributed by atoms with E-state index in [0.717, 1.165) is 17.7 Å². The molecule has 3 nitrogen and oxygen atoms in total. The van der Waals surface area contributed by atoms with Gasteiger partial charge in [-0.15, -0.1) is 24.8 Å². The second-order valence-corrected chi connectivity index (χ2v) is 3.54. The van der Waals surface area contributed by atoms with Crippen molar-refractivity contribution in [2.75, 3.05) is 7.11 Å². The molecule has 0 aromatic heterocycles. The topological polar surface area (TPSA) is 61.3 Å². The minimum atomic E-state index is -0.0219. The molecule has 4 N–H and O–H groups in total. The normalized spacial score (nSPS) is 13.0. The van der Waals surface area contributed by atoms with Crippen molar-refractivity contribution in [1.82, 2.24) is 0 Å². The number of halogens is 2. The molecule has 1 aromatic carbocycles. The van der Waals surface area contributed by atoms with Crippen LogP contribution in [0.5, 0.6) is 5.75 Å². The van der Waals surface area contributed by atoms with Gasteiger partial charge in [-0.25, -0.2) is 0 Å². The number of rotatable bonds is 4. The Labute approximate surface area is 109 Å². The zero-order valence-electron chi connectivity index (χ0n) is 9.55. The maximum absolute atomic E-state index is 5.89. The van der Waals surface area contributed by atoms with Crippen LogP contribution in [0.1, 0.15) is 12.5 Å². The highest BCUT2D eigenvalue weighted by Crippen LogP contribution is 2.18. The van der Waals surface area contributed by atoms with E-state index in [1.807, 2.05) is 31.2 Å². The van der Waals surface area contributed by atoms with Crippen LogP contribution in [0.3, 0.4) is 0 Å². The molecule has 0 aliphatic carbocycles. The Kier molecular flexibility index (Phi) is 9.67. The van der Waals surface area contributed by atoms with Gasteiger partial charge in [-0.3, -0.25) is 0 Å². The van der Waals surface area contributed by atoms with Crippen LogP contribution in [0.25, 0.3) is 0 Å². The smallest absolute Gasteiger partial charge is 0.122 e. The van der Waals surface area contributed by atoms with E-state index in [4.69, 9.17) is 16.2 Å². The minimum Gasteiger partial charge on any atom is -0.496 e. The molecule has 2 atom stereocenters. The summed E-state index contributed by atoms with van der Waals surface area (Å²) < 4.78 is 5.23. The molecule has 0 fully saturated rings. The molecule has 0 saturated heterocycles. The van der Waals surface area contributed by atoms with E-state index >= 15 is 0 Å². The molecule has 94 valence electrons. The van der Waals surface area contributed by atoms with E-state index in [1.165, 1.54) is 0 Å². The minimum absolute atomic E-state index is 0. The molecular weight excluding hydrogens is 247 g/mol. The first-order valence-electron chi connectivity index (χ1n) is 4.78. The summed E-state index contributed by atoms with van der Waals surface area (Å²) in [6.45, 7) is 1.92. The summed E-state index contributed by atoms with van der Waals surface area (Å²) >= 11 is 0. The first kappa shape index (κ1) is 17.9. The summed E-state index contributed by atoms with van der Waals surface area (Å²) in [5.74, 6) is 0.878. The second kappa shape index (κ2) is 8.65. The number of methoxy groups -OCH3 is 1. The maximum atomic E-state index is 5.89. The zero-order chi connectivity index (χ0) is 10.6. The van der Waals surface area contributed by atoms with Gasteiger partial charge in [0.25, 0.3) is 0 Å². The van der Waals surface area contributed by atoms with Crippen molar-refractivity contribution >= 4 is 24.8 Å². The molecule has 0 saturated carbocycles. The number of ether oxygens (including phenoxy) is 1. The van der Waals surface area contributed by atoms with Crippen molar-refractivity contribution in [2.24, 2.45) is 11.5 Å². The number of nitrogens with two attached hydrogens (primary N) is 2. The predicted octanol–water partition coefficient (Wildman–Crippen LogP) is 1.76. The highest BCUT2D eigenvalue weighted by atomic mass is 35.5. The van der Waals surface area contributed by atoms with E-state index in [1.54, 1.807) is 7.11 Å². The van der Waals surface area contributed by atoms with E-state index in [2.05, 4.69) is 0 Å². The van der Waals surface area contributed by atoms with E-state index < -0.39 is 0 Å². The van der Waals surface area contributed by atoms with Crippen LogP contribution in [0, 0.1) is 0 Å². The van der Waals surface area contributed by atoms with Gasteiger partial charge in [0, 0.05) is 12.1 Å². The van der Waals surface area contributed by atoms with E-state index in [9.17, 15) is 0 Å². The van der Waals surface area contributed by atoms with Gasteiger partial charge >= 0.3 is 0 Å². The van der Waals surface area contributed by atoms with Gasteiger partial charge in [-0.1, -0.05) is 18.2 Å². The molecule has 0 aliphatic heterocycles. The summed E-state index contributed by atoms with van der Waals surface area (Å²) in [6.07, 6.45) is 0.752. The fraction of sp³-hybridized carbons (Fsp3) is 0.455.